The Morgan fingerprint density at radius 2 is 1.84 bits per heavy atom. The highest BCUT2D eigenvalue weighted by Crippen LogP contribution is 2.31. The van der Waals surface area contributed by atoms with Gasteiger partial charge in [0.2, 0.25) is 0 Å². The SMILES string of the molecule is COc1c(Cl)cccc1C(=O)C(O)c1ccccc1. The molecule has 0 fully saturated rings. The summed E-state index contributed by atoms with van der Waals surface area (Å²) in [4.78, 5) is 12.3. The van der Waals surface area contributed by atoms with Gasteiger partial charge in [-0.15, -0.1) is 0 Å². The molecule has 0 aromatic heterocycles. The van der Waals surface area contributed by atoms with Gasteiger partial charge in [-0.3, -0.25) is 4.79 Å². The van der Waals surface area contributed by atoms with Crippen LogP contribution >= 0.6 is 11.6 Å². The van der Waals surface area contributed by atoms with Gasteiger partial charge in [-0.05, 0) is 17.7 Å². The Kier molecular flexibility index (Phi) is 4.20. The van der Waals surface area contributed by atoms with Gasteiger partial charge in [0, 0.05) is 0 Å². The van der Waals surface area contributed by atoms with Crippen molar-refractivity contribution in [2.24, 2.45) is 0 Å². The van der Waals surface area contributed by atoms with Gasteiger partial charge in [0.05, 0.1) is 17.7 Å². The van der Waals surface area contributed by atoms with E-state index in [-0.39, 0.29) is 11.3 Å². The van der Waals surface area contributed by atoms with E-state index >= 15 is 0 Å². The third-order valence-electron chi connectivity index (χ3n) is 2.80. The molecule has 3 nitrogen and oxygen atoms in total. The molecule has 2 aromatic rings. The fourth-order valence-corrected chi connectivity index (χ4v) is 2.10. The molecule has 19 heavy (non-hydrogen) atoms. The summed E-state index contributed by atoms with van der Waals surface area (Å²) in [6.07, 6.45) is -1.23. The van der Waals surface area contributed by atoms with Crippen LogP contribution in [-0.2, 0) is 0 Å². The number of para-hydroxylation sites is 1. The lowest BCUT2D eigenvalue weighted by molar-refractivity contribution is 0.0744. The van der Waals surface area contributed by atoms with Crippen LogP contribution in [0.15, 0.2) is 48.5 Å². The zero-order valence-electron chi connectivity index (χ0n) is 10.3. The van der Waals surface area contributed by atoms with Crippen LogP contribution in [0.5, 0.6) is 5.75 Å². The molecule has 0 heterocycles. The Hall–Kier alpha value is -1.84. The molecular weight excluding hydrogens is 264 g/mol. The van der Waals surface area contributed by atoms with Crippen LogP contribution in [-0.4, -0.2) is 18.0 Å². The molecule has 0 spiro atoms. The first-order chi connectivity index (χ1) is 9.15. The van der Waals surface area contributed by atoms with E-state index in [1.807, 2.05) is 6.07 Å². The van der Waals surface area contributed by atoms with Gasteiger partial charge in [0.1, 0.15) is 11.9 Å². The number of aliphatic hydroxyl groups excluding tert-OH is 1. The minimum Gasteiger partial charge on any atom is -0.494 e. The predicted octanol–water partition coefficient (Wildman–Crippen LogP) is 3.26. The van der Waals surface area contributed by atoms with Crippen molar-refractivity contribution in [1.82, 2.24) is 0 Å². The lowest BCUT2D eigenvalue weighted by atomic mass is 9.99. The number of ether oxygens (including phenoxy) is 1. The number of Topliss-reactive ketones (excluding diaryl/α,β-unsaturated/α-hetero) is 1. The van der Waals surface area contributed by atoms with Crippen LogP contribution in [0.25, 0.3) is 0 Å². The van der Waals surface area contributed by atoms with E-state index in [9.17, 15) is 9.90 Å². The number of halogens is 1. The molecule has 0 aliphatic rings. The Bertz CT molecular complexity index is 581. The average Bonchev–Trinajstić information content (AvgIpc) is 2.46. The molecular formula is C15H13ClO3. The lowest BCUT2D eigenvalue weighted by Gasteiger charge is -2.13. The predicted molar refractivity (Wildman–Crippen MR) is 73.7 cm³/mol. The first kappa shape index (κ1) is 13.6. The van der Waals surface area contributed by atoms with Crippen LogP contribution in [0, 0.1) is 0 Å². The van der Waals surface area contributed by atoms with Gasteiger partial charge in [0.25, 0.3) is 0 Å². The zero-order chi connectivity index (χ0) is 13.8. The zero-order valence-corrected chi connectivity index (χ0v) is 11.1. The van der Waals surface area contributed by atoms with E-state index in [0.29, 0.717) is 10.6 Å². The average molecular weight is 277 g/mol. The number of rotatable bonds is 4. The van der Waals surface area contributed by atoms with Crippen molar-refractivity contribution in [2.75, 3.05) is 7.11 Å². The highest BCUT2D eigenvalue weighted by Gasteiger charge is 2.23. The third kappa shape index (κ3) is 2.78. The monoisotopic (exact) mass is 276 g/mol. The Morgan fingerprint density at radius 1 is 1.16 bits per heavy atom. The topological polar surface area (TPSA) is 46.5 Å². The fraction of sp³-hybridized carbons (Fsp3) is 0.133. The van der Waals surface area contributed by atoms with Crippen molar-refractivity contribution in [2.45, 2.75) is 6.10 Å². The molecule has 1 unspecified atom stereocenters. The molecule has 98 valence electrons. The molecule has 0 saturated heterocycles. The fourth-order valence-electron chi connectivity index (χ4n) is 1.84. The molecule has 2 aromatic carbocycles. The van der Waals surface area contributed by atoms with Gasteiger partial charge in [-0.2, -0.15) is 0 Å². The molecule has 0 aliphatic carbocycles. The summed E-state index contributed by atoms with van der Waals surface area (Å²) in [5, 5.41) is 10.4. The number of carbonyl (C=O) groups excluding carboxylic acids is 1. The maximum absolute atomic E-state index is 12.3. The van der Waals surface area contributed by atoms with Crippen molar-refractivity contribution < 1.29 is 14.6 Å². The third-order valence-corrected chi connectivity index (χ3v) is 3.10. The van der Waals surface area contributed by atoms with Crippen molar-refractivity contribution in [3.8, 4) is 5.75 Å². The summed E-state index contributed by atoms with van der Waals surface area (Å²) >= 11 is 5.97. The lowest BCUT2D eigenvalue weighted by Crippen LogP contribution is -2.13. The van der Waals surface area contributed by atoms with Crippen molar-refractivity contribution in [3.05, 3.63) is 64.7 Å². The number of aliphatic hydroxyl groups is 1. The van der Waals surface area contributed by atoms with E-state index in [1.54, 1.807) is 42.5 Å². The number of ketones is 1. The second-order valence-corrected chi connectivity index (χ2v) is 4.41. The van der Waals surface area contributed by atoms with Crippen LogP contribution in [0.2, 0.25) is 5.02 Å². The molecule has 2 rings (SSSR count). The normalized spacial score (nSPS) is 11.9. The van der Waals surface area contributed by atoms with E-state index in [0.717, 1.165) is 0 Å². The number of benzene rings is 2. The molecule has 0 bridgehead atoms. The Balaban J connectivity index is 2.37. The molecule has 0 saturated carbocycles. The van der Waals surface area contributed by atoms with E-state index < -0.39 is 11.9 Å². The van der Waals surface area contributed by atoms with Gasteiger partial charge in [0.15, 0.2) is 5.78 Å². The highest BCUT2D eigenvalue weighted by atomic mass is 35.5. The Morgan fingerprint density at radius 3 is 2.47 bits per heavy atom. The maximum atomic E-state index is 12.3. The van der Waals surface area contributed by atoms with Gasteiger partial charge in [-0.1, -0.05) is 48.0 Å². The van der Waals surface area contributed by atoms with Gasteiger partial charge >= 0.3 is 0 Å². The maximum Gasteiger partial charge on any atom is 0.199 e. The van der Waals surface area contributed by atoms with Crippen molar-refractivity contribution in [1.29, 1.82) is 0 Å². The number of hydrogen-bond acceptors (Lipinski definition) is 3. The van der Waals surface area contributed by atoms with Gasteiger partial charge < -0.3 is 9.84 Å². The summed E-state index contributed by atoms with van der Waals surface area (Å²) in [7, 11) is 1.44. The molecule has 4 heteroatoms. The van der Waals surface area contributed by atoms with Gasteiger partial charge in [-0.25, -0.2) is 0 Å². The first-order valence-corrected chi connectivity index (χ1v) is 6.12. The van der Waals surface area contributed by atoms with Crippen LogP contribution in [0.4, 0.5) is 0 Å². The second-order valence-electron chi connectivity index (χ2n) is 4.00. The second kappa shape index (κ2) is 5.87. The molecule has 0 radical (unpaired) electrons. The summed E-state index contributed by atoms with van der Waals surface area (Å²) < 4.78 is 5.12. The van der Waals surface area contributed by atoms with Crippen molar-refractivity contribution in [3.63, 3.8) is 0 Å². The largest absolute Gasteiger partial charge is 0.494 e. The minimum atomic E-state index is -1.23. The standard InChI is InChI=1S/C15H13ClO3/c1-19-15-11(8-5-9-12(15)16)14(18)13(17)10-6-3-2-4-7-10/h2-9,13,17H,1H3. The summed E-state index contributed by atoms with van der Waals surface area (Å²) in [5.41, 5.74) is 0.806. The number of methoxy groups -OCH3 is 1. The molecule has 0 amide bonds. The van der Waals surface area contributed by atoms with Crippen LogP contribution in [0.1, 0.15) is 22.0 Å². The highest BCUT2D eigenvalue weighted by molar-refractivity contribution is 6.32. The van der Waals surface area contributed by atoms with E-state index in [2.05, 4.69) is 0 Å². The quantitative estimate of drug-likeness (QED) is 0.872. The number of carbonyl (C=O) groups is 1. The van der Waals surface area contributed by atoms with E-state index in [4.69, 9.17) is 16.3 Å². The molecule has 1 atom stereocenters. The first-order valence-electron chi connectivity index (χ1n) is 5.75. The number of hydrogen-bond donors (Lipinski definition) is 1. The molecule has 0 aliphatic heterocycles. The Labute approximate surface area is 116 Å². The minimum absolute atomic E-state index is 0.270. The summed E-state index contributed by atoms with van der Waals surface area (Å²) in [6.45, 7) is 0. The summed E-state index contributed by atoms with van der Waals surface area (Å²) in [6, 6.07) is 13.6. The van der Waals surface area contributed by atoms with Crippen molar-refractivity contribution >= 4 is 17.4 Å². The van der Waals surface area contributed by atoms with Crippen LogP contribution in [0.3, 0.4) is 0 Å². The summed E-state index contributed by atoms with van der Waals surface area (Å²) in [5.74, 6) is -0.158. The molecule has 1 N–H and O–H groups in total. The smallest absolute Gasteiger partial charge is 0.199 e. The van der Waals surface area contributed by atoms with Crippen LogP contribution < -0.4 is 4.74 Å². The van der Waals surface area contributed by atoms with E-state index in [1.165, 1.54) is 7.11 Å².